The summed E-state index contributed by atoms with van der Waals surface area (Å²) in [5.41, 5.74) is 2.11. The molecular formula is C15H17ClN4. The molecule has 0 amide bonds. The van der Waals surface area contributed by atoms with Crippen LogP contribution >= 0.6 is 11.6 Å². The van der Waals surface area contributed by atoms with Gasteiger partial charge in [-0.3, -0.25) is 4.68 Å². The zero-order valence-electron chi connectivity index (χ0n) is 11.6. The van der Waals surface area contributed by atoms with Gasteiger partial charge in [0.2, 0.25) is 0 Å². The van der Waals surface area contributed by atoms with Crippen LogP contribution in [0.4, 0.5) is 0 Å². The van der Waals surface area contributed by atoms with Crippen molar-refractivity contribution < 1.29 is 0 Å². The van der Waals surface area contributed by atoms with Gasteiger partial charge in [-0.1, -0.05) is 12.1 Å². The number of nitrogens with zero attached hydrogens (tertiary/aromatic N) is 4. The highest BCUT2D eigenvalue weighted by Gasteiger charge is 2.19. The molecule has 0 fully saturated rings. The average molecular weight is 289 g/mol. The van der Waals surface area contributed by atoms with Crippen molar-refractivity contribution in [3.63, 3.8) is 0 Å². The maximum atomic E-state index is 6.30. The van der Waals surface area contributed by atoms with E-state index >= 15 is 0 Å². The van der Waals surface area contributed by atoms with Crippen LogP contribution in [0.5, 0.6) is 0 Å². The maximum absolute atomic E-state index is 6.30. The Labute approximate surface area is 123 Å². The number of benzene rings is 1. The lowest BCUT2D eigenvalue weighted by Gasteiger charge is -2.18. The van der Waals surface area contributed by atoms with Crippen LogP contribution < -0.4 is 0 Å². The summed E-state index contributed by atoms with van der Waals surface area (Å²) in [6.07, 6.45) is 3.77. The molecule has 0 saturated heterocycles. The predicted octanol–water partition coefficient (Wildman–Crippen LogP) is 3.79. The van der Waals surface area contributed by atoms with Crippen LogP contribution in [0.25, 0.3) is 11.0 Å². The van der Waals surface area contributed by atoms with Gasteiger partial charge in [-0.2, -0.15) is 5.10 Å². The first-order valence-corrected chi connectivity index (χ1v) is 7.19. The van der Waals surface area contributed by atoms with Crippen LogP contribution in [-0.4, -0.2) is 19.3 Å². The Morgan fingerprint density at radius 1 is 1.20 bits per heavy atom. The molecule has 5 heteroatoms. The van der Waals surface area contributed by atoms with E-state index in [-0.39, 0.29) is 11.4 Å². The highest BCUT2D eigenvalue weighted by molar-refractivity contribution is 6.20. The molecule has 0 bridgehead atoms. The number of aromatic nitrogens is 4. The summed E-state index contributed by atoms with van der Waals surface area (Å²) in [6.45, 7) is 4.92. The molecule has 0 radical (unpaired) electrons. The van der Waals surface area contributed by atoms with Crippen LogP contribution in [0, 0.1) is 0 Å². The van der Waals surface area contributed by atoms with Crippen molar-refractivity contribution in [1.82, 2.24) is 19.3 Å². The molecule has 2 unspecified atom stereocenters. The minimum Gasteiger partial charge on any atom is -0.322 e. The van der Waals surface area contributed by atoms with E-state index in [0.717, 1.165) is 23.4 Å². The number of para-hydroxylation sites is 2. The molecule has 0 N–H and O–H groups in total. The first-order chi connectivity index (χ1) is 9.66. The lowest BCUT2D eigenvalue weighted by atomic mass is 10.2. The van der Waals surface area contributed by atoms with Crippen molar-refractivity contribution in [2.75, 3.05) is 0 Å². The largest absolute Gasteiger partial charge is 0.322 e. The number of rotatable bonds is 4. The summed E-state index contributed by atoms with van der Waals surface area (Å²) in [5.74, 6) is 0.910. The van der Waals surface area contributed by atoms with Crippen LogP contribution in [0.2, 0.25) is 0 Å². The van der Waals surface area contributed by atoms with Crippen LogP contribution in [0.3, 0.4) is 0 Å². The van der Waals surface area contributed by atoms with Gasteiger partial charge < -0.3 is 4.57 Å². The third-order valence-electron chi connectivity index (χ3n) is 3.43. The Balaban J connectivity index is 2.06. The van der Waals surface area contributed by atoms with Crippen molar-refractivity contribution in [2.24, 2.45) is 0 Å². The Bertz CT molecular complexity index is 700. The van der Waals surface area contributed by atoms with Crippen molar-refractivity contribution >= 4 is 22.6 Å². The lowest BCUT2D eigenvalue weighted by Crippen LogP contribution is -2.16. The van der Waals surface area contributed by atoms with E-state index in [2.05, 4.69) is 27.6 Å². The van der Waals surface area contributed by atoms with E-state index < -0.39 is 0 Å². The number of alkyl halides is 1. The number of halogens is 1. The van der Waals surface area contributed by atoms with Gasteiger partial charge in [0.15, 0.2) is 0 Å². The zero-order valence-corrected chi connectivity index (χ0v) is 12.3. The molecule has 3 aromatic rings. The third-order valence-corrected chi connectivity index (χ3v) is 3.63. The zero-order chi connectivity index (χ0) is 14.1. The second-order valence-corrected chi connectivity index (χ2v) is 5.68. The molecular weight excluding hydrogens is 272 g/mol. The monoisotopic (exact) mass is 288 g/mol. The number of fused-ring (bicyclic) bond motifs is 1. The second-order valence-electron chi connectivity index (χ2n) is 5.02. The molecule has 0 aliphatic heterocycles. The summed E-state index contributed by atoms with van der Waals surface area (Å²) in [6, 6.07) is 10.3. The highest BCUT2D eigenvalue weighted by atomic mass is 35.5. The van der Waals surface area contributed by atoms with Gasteiger partial charge in [0.1, 0.15) is 5.82 Å². The van der Waals surface area contributed by atoms with E-state index in [1.54, 1.807) is 6.20 Å². The maximum Gasteiger partial charge on any atom is 0.128 e. The van der Waals surface area contributed by atoms with Gasteiger partial charge in [0, 0.05) is 12.4 Å². The molecule has 0 aliphatic rings. The molecule has 0 spiro atoms. The van der Waals surface area contributed by atoms with E-state index in [1.807, 2.05) is 42.1 Å². The van der Waals surface area contributed by atoms with Gasteiger partial charge in [0.05, 0.1) is 29.0 Å². The minimum atomic E-state index is -0.123. The summed E-state index contributed by atoms with van der Waals surface area (Å²) in [5, 5.41) is 4.15. The van der Waals surface area contributed by atoms with Crippen molar-refractivity contribution in [3.8, 4) is 0 Å². The molecule has 2 heterocycles. The quantitative estimate of drug-likeness (QED) is 0.685. The first kappa shape index (κ1) is 13.2. The van der Waals surface area contributed by atoms with E-state index in [1.165, 1.54) is 0 Å². The number of hydrogen-bond donors (Lipinski definition) is 0. The summed E-state index contributed by atoms with van der Waals surface area (Å²) < 4.78 is 4.15. The Hall–Kier alpha value is -1.81. The van der Waals surface area contributed by atoms with Gasteiger partial charge in [-0.15, -0.1) is 11.6 Å². The molecule has 0 aliphatic carbocycles. The van der Waals surface area contributed by atoms with Crippen LogP contribution in [-0.2, 0) is 6.54 Å². The summed E-state index contributed by atoms with van der Waals surface area (Å²) in [7, 11) is 0. The molecule has 20 heavy (non-hydrogen) atoms. The van der Waals surface area contributed by atoms with Gasteiger partial charge in [-0.25, -0.2) is 4.98 Å². The Kier molecular flexibility index (Phi) is 3.49. The van der Waals surface area contributed by atoms with E-state index in [0.29, 0.717) is 0 Å². The van der Waals surface area contributed by atoms with Crippen LogP contribution in [0.1, 0.15) is 31.1 Å². The third kappa shape index (κ3) is 2.31. The fourth-order valence-electron chi connectivity index (χ4n) is 2.57. The fraction of sp³-hybridized carbons (Fsp3) is 0.333. The molecule has 3 rings (SSSR count). The molecule has 0 saturated carbocycles. The minimum absolute atomic E-state index is 0.123. The molecule has 104 valence electrons. The standard InChI is InChI=1S/C15H17ClN4/c1-11(10-19-9-5-8-17-19)20-14-7-4-3-6-13(14)18-15(20)12(2)16/h3-9,11-12H,10H2,1-2H3. The highest BCUT2D eigenvalue weighted by Crippen LogP contribution is 2.28. The lowest BCUT2D eigenvalue weighted by molar-refractivity contribution is 0.434. The normalized spacial score (nSPS) is 14.6. The van der Waals surface area contributed by atoms with Gasteiger partial charge >= 0.3 is 0 Å². The topological polar surface area (TPSA) is 35.6 Å². The smallest absolute Gasteiger partial charge is 0.128 e. The molecule has 2 atom stereocenters. The molecule has 1 aromatic carbocycles. The van der Waals surface area contributed by atoms with Gasteiger partial charge in [-0.05, 0) is 32.0 Å². The fourth-order valence-corrected chi connectivity index (χ4v) is 2.72. The predicted molar refractivity (Wildman–Crippen MR) is 80.9 cm³/mol. The Morgan fingerprint density at radius 3 is 2.70 bits per heavy atom. The average Bonchev–Trinajstić information content (AvgIpc) is 3.04. The SMILES string of the molecule is CC(Cl)c1nc2ccccc2n1C(C)Cn1cccn1. The second kappa shape index (κ2) is 5.29. The van der Waals surface area contributed by atoms with Crippen molar-refractivity contribution in [2.45, 2.75) is 31.8 Å². The van der Waals surface area contributed by atoms with Gasteiger partial charge in [0.25, 0.3) is 0 Å². The molecule has 4 nitrogen and oxygen atoms in total. The van der Waals surface area contributed by atoms with Crippen molar-refractivity contribution in [1.29, 1.82) is 0 Å². The van der Waals surface area contributed by atoms with Crippen LogP contribution in [0.15, 0.2) is 42.7 Å². The number of imidazole rings is 1. The Morgan fingerprint density at radius 2 is 2.00 bits per heavy atom. The molecule has 2 aromatic heterocycles. The summed E-state index contributed by atoms with van der Waals surface area (Å²) >= 11 is 6.30. The summed E-state index contributed by atoms with van der Waals surface area (Å²) in [4.78, 5) is 4.66. The number of hydrogen-bond acceptors (Lipinski definition) is 2. The van der Waals surface area contributed by atoms with E-state index in [4.69, 9.17) is 11.6 Å². The van der Waals surface area contributed by atoms with Crippen molar-refractivity contribution in [3.05, 3.63) is 48.5 Å². The van der Waals surface area contributed by atoms with E-state index in [9.17, 15) is 0 Å². The first-order valence-electron chi connectivity index (χ1n) is 6.75.